The van der Waals surface area contributed by atoms with Crippen molar-refractivity contribution in [3.8, 4) is 17.0 Å². The van der Waals surface area contributed by atoms with Gasteiger partial charge in [-0.2, -0.15) is 0 Å². The predicted molar refractivity (Wildman–Crippen MR) is 73.1 cm³/mol. The van der Waals surface area contributed by atoms with Crippen molar-refractivity contribution in [1.29, 1.82) is 0 Å². The van der Waals surface area contributed by atoms with Crippen molar-refractivity contribution in [2.24, 2.45) is 0 Å². The zero-order valence-electron chi connectivity index (χ0n) is 10.7. The van der Waals surface area contributed by atoms with E-state index in [0.29, 0.717) is 0 Å². The molecule has 0 saturated carbocycles. The number of rotatable bonds is 3. The van der Waals surface area contributed by atoms with Gasteiger partial charge in [0.25, 0.3) is 0 Å². The molecule has 4 heteroatoms. The average molecular weight is 263 g/mol. The number of hydrogen-bond donors (Lipinski definition) is 0. The van der Waals surface area contributed by atoms with Crippen LogP contribution in [-0.4, -0.2) is 17.1 Å². The Bertz CT molecular complexity index is 549. The molecule has 0 spiro atoms. The second-order valence-electron chi connectivity index (χ2n) is 4.05. The van der Waals surface area contributed by atoms with Gasteiger partial charge in [-0.05, 0) is 48.7 Å². The van der Waals surface area contributed by atoms with Crippen LogP contribution in [0.25, 0.3) is 11.3 Å². The first-order valence-electron chi connectivity index (χ1n) is 5.82. The lowest BCUT2D eigenvalue weighted by Gasteiger charge is -2.10. The van der Waals surface area contributed by atoms with Gasteiger partial charge in [0.2, 0.25) is 5.28 Å². The molecule has 1 aromatic heterocycles. The Morgan fingerprint density at radius 2 is 2.00 bits per heavy atom. The van der Waals surface area contributed by atoms with Gasteiger partial charge in [-0.3, -0.25) is 0 Å². The maximum atomic E-state index is 5.91. The number of benzene rings is 1. The summed E-state index contributed by atoms with van der Waals surface area (Å²) in [5.41, 5.74) is 3.82. The first-order valence-corrected chi connectivity index (χ1v) is 6.20. The Morgan fingerprint density at radius 1 is 1.22 bits per heavy atom. The molecule has 94 valence electrons. The minimum atomic E-state index is 0.258. The van der Waals surface area contributed by atoms with Crippen LogP contribution in [0.4, 0.5) is 0 Å². The first kappa shape index (κ1) is 12.8. The lowest BCUT2D eigenvalue weighted by molar-refractivity contribution is 0.416. The predicted octanol–water partition coefficient (Wildman–Crippen LogP) is 3.68. The molecule has 3 nitrogen and oxygen atoms in total. The van der Waals surface area contributed by atoms with Gasteiger partial charge in [0, 0.05) is 11.3 Å². The van der Waals surface area contributed by atoms with E-state index in [9.17, 15) is 0 Å². The van der Waals surface area contributed by atoms with Crippen LogP contribution in [0, 0.1) is 6.92 Å². The van der Waals surface area contributed by atoms with Crippen molar-refractivity contribution in [2.75, 3.05) is 7.11 Å². The molecule has 0 saturated heterocycles. The molecule has 18 heavy (non-hydrogen) atoms. The average Bonchev–Trinajstić information content (AvgIpc) is 2.36. The van der Waals surface area contributed by atoms with Crippen LogP contribution < -0.4 is 4.74 Å². The standard InChI is InChI=1S/C14H15ClN2O/c1-4-10-5-6-13(18-3)11(8-10)12-7-9(2)16-14(15)17-12/h5-8H,4H2,1-3H3. The molecule has 0 amide bonds. The Labute approximate surface area is 112 Å². The van der Waals surface area contributed by atoms with Crippen LogP contribution in [0.2, 0.25) is 5.28 Å². The van der Waals surface area contributed by atoms with Crippen molar-refractivity contribution in [3.63, 3.8) is 0 Å². The fourth-order valence-electron chi connectivity index (χ4n) is 1.85. The maximum Gasteiger partial charge on any atom is 0.223 e. The van der Waals surface area contributed by atoms with Gasteiger partial charge in [0.05, 0.1) is 12.8 Å². The molecule has 1 heterocycles. The summed E-state index contributed by atoms with van der Waals surface area (Å²) in [5.74, 6) is 0.793. The fourth-order valence-corrected chi connectivity index (χ4v) is 2.07. The maximum absolute atomic E-state index is 5.91. The third-order valence-corrected chi connectivity index (χ3v) is 2.94. The summed E-state index contributed by atoms with van der Waals surface area (Å²) in [5, 5.41) is 0.258. The number of ether oxygens (including phenoxy) is 1. The molecule has 0 aliphatic rings. The number of methoxy groups -OCH3 is 1. The third kappa shape index (κ3) is 2.62. The SMILES string of the molecule is CCc1ccc(OC)c(-c2cc(C)nc(Cl)n2)c1. The van der Waals surface area contributed by atoms with Crippen molar-refractivity contribution >= 4 is 11.6 Å². The summed E-state index contributed by atoms with van der Waals surface area (Å²) < 4.78 is 5.38. The second-order valence-corrected chi connectivity index (χ2v) is 4.39. The van der Waals surface area contributed by atoms with Crippen LogP contribution in [0.3, 0.4) is 0 Å². The molecule has 0 fully saturated rings. The molecule has 0 unspecified atom stereocenters. The Morgan fingerprint density at radius 3 is 2.61 bits per heavy atom. The van der Waals surface area contributed by atoms with Crippen LogP contribution in [-0.2, 0) is 6.42 Å². The van der Waals surface area contributed by atoms with Crippen LogP contribution in [0.1, 0.15) is 18.2 Å². The number of halogens is 1. The highest BCUT2D eigenvalue weighted by molar-refractivity contribution is 6.28. The molecule has 0 aliphatic heterocycles. The van der Waals surface area contributed by atoms with E-state index in [1.54, 1.807) is 7.11 Å². The van der Waals surface area contributed by atoms with E-state index < -0.39 is 0 Å². The molecule has 0 atom stereocenters. The first-order chi connectivity index (χ1) is 8.63. The summed E-state index contributed by atoms with van der Waals surface area (Å²) >= 11 is 5.91. The quantitative estimate of drug-likeness (QED) is 0.792. The molecule has 0 radical (unpaired) electrons. The topological polar surface area (TPSA) is 35.0 Å². The van der Waals surface area contributed by atoms with Crippen LogP contribution in [0.15, 0.2) is 24.3 Å². The Hall–Kier alpha value is -1.61. The van der Waals surface area contributed by atoms with E-state index in [-0.39, 0.29) is 5.28 Å². The molecule has 2 aromatic rings. The van der Waals surface area contributed by atoms with Crippen molar-refractivity contribution in [2.45, 2.75) is 20.3 Å². The molecular weight excluding hydrogens is 248 g/mol. The van der Waals surface area contributed by atoms with Crippen molar-refractivity contribution in [3.05, 3.63) is 40.8 Å². The van der Waals surface area contributed by atoms with Gasteiger partial charge in [-0.25, -0.2) is 9.97 Å². The van der Waals surface area contributed by atoms with E-state index >= 15 is 0 Å². The third-order valence-electron chi connectivity index (χ3n) is 2.78. The monoisotopic (exact) mass is 262 g/mol. The van der Waals surface area contributed by atoms with Gasteiger partial charge in [-0.15, -0.1) is 0 Å². The van der Waals surface area contributed by atoms with E-state index in [2.05, 4.69) is 29.0 Å². The summed E-state index contributed by atoms with van der Waals surface area (Å²) in [6, 6.07) is 8.00. The summed E-state index contributed by atoms with van der Waals surface area (Å²) in [6.45, 7) is 4.01. The summed E-state index contributed by atoms with van der Waals surface area (Å²) in [7, 11) is 1.65. The molecular formula is C14H15ClN2O. The smallest absolute Gasteiger partial charge is 0.223 e. The Balaban J connectivity index is 2.60. The number of aromatic nitrogens is 2. The van der Waals surface area contributed by atoms with Gasteiger partial charge in [0.15, 0.2) is 0 Å². The van der Waals surface area contributed by atoms with Gasteiger partial charge >= 0.3 is 0 Å². The van der Waals surface area contributed by atoms with Gasteiger partial charge in [-0.1, -0.05) is 13.0 Å². The number of aryl methyl sites for hydroxylation is 2. The van der Waals surface area contributed by atoms with Crippen LogP contribution in [0.5, 0.6) is 5.75 Å². The molecule has 2 rings (SSSR count). The van der Waals surface area contributed by atoms with E-state index in [1.807, 2.05) is 19.1 Å². The zero-order valence-corrected chi connectivity index (χ0v) is 11.5. The van der Waals surface area contributed by atoms with Crippen molar-refractivity contribution < 1.29 is 4.74 Å². The molecule has 0 N–H and O–H groups in total. The number of hydrogen-bond acceptors (Lipinski definition) is 3. The largest absolute Gasteiger partial charge is 0.496 e. The molecule has 1 aromatic carbocycles. The van der Waals surface area contributed by atoms with E-state index in [1.165, 1.54) is 5.56 Å². The van der Waals surface area contributed by atoms with Gasteiger partial charge in [0.1, 0.15) is 5.75 Å². The summed E-state index contributed by atoms with van der Waals surface area (Å²) in [6.07, 6.45) is 0.967. The Kier molecular flexibility index (Phi) is 3.82. The van der Waals surface area contributed by atoms with Crippen molar-refractivity contribution in [1.82, 2.24) is 9.97 Å². The highest BCUT2D eigenvalue weighted by Gasteiger charge is 2.10. The lowest BCUT2D eigenvalue weighted by atomic mass is 10.0. The molecule has 0 bridgehead atoms. The number of nitrogens with zero attached hydrogens (tertiary/aromatic N) is 2. The second kappa shape index (κ2) is 5.36. The normalized spacial score (nSPS) is 10.4. The summed E-state index contributed by atoms with van der Waals surface area (Å²) in [4.78, 5) is 8.33. The minimum Gasteiger partial charge on any atom is -0.496 e. The highest BCUT2D eigenvalue weighted by atomic mass is 35.5. The molecule has 0 aliphatic carbocycles. The van der Waals surface area contributed by atoms with Crippen LogP contribution >= 0.6 is 11.6 Å². The highest BCUT2D eigenvalue weighted by Crippen LogP contribution is 2.30. The van der Waals surface area contributed by atoms with E-state index in [4.69, 9.17) is 16.3 Å². The minimum absolute atomic E-state index is 0.258. The van der Waals surface area contributed by atoms with Gasteiger partial charge < -0.3 is 4.74 Å². The fraction of sp³-hybridized carbons (Fsp3) is 0.286. The lowest BCUT2D eigenvalue weighted by Crippen LogP contribution is -1.95. The van der Waals surface area contributed by atoms with E-state index in [0.717, 1.165) is 29.1 Å². The zero-order chi connectivity index (χ0) is 13.1.